The van der Waals surface area contributed by atoms with Gasteiger partial charge in [-0.3, -0.25) is 4.40 Å². The molecule has 0 saturated heterocycles. The molecule has 0 bridgehead atoms. The summed E-state index contributed by atoms with van der Waals surface area (Å²) in [6, 6.07) is 0. The molecule has 0 aliphatic heterocycles. The number of fused-ring (bicyclic) bond motifs is 1. The van der Waals surface area contributed by atoms with Crippen LogP contribution >= 0.6 is 11.3 Å². The van der Waals surface area contributed by atoms with E-state index in [1.165, 1.54) is 22.8 Å². The second-order valence-corrected chi connectivity index (χ2v) is 7.67. The molecule has 0 atom stereocenters. The summed E-state index contributed by atoms with van der Waals surface area (Å²) in [5, 5.41) is 11.1. The van der Waals surface area contributed by atoms with Crippen LogP contribution in [0.1, 0.15) is 13.8 Å². The molecule has 2 aromatic heterocycles. The molecule has 2 heterocycles. The standard InChI is InChI=1S/C10H17N5O3S2/c1-10(2,6-16)14(3)20(17,18)8-7(13-11)12-9-15(8)4-5-19-9/h4-5,13,16H,6,11H2,1-3H3. The molecule has 112 valence electrons. The number of imidazole rings is 1. The molecule has 2 aromatic rings. The molecule has 0 unspecified atom stereocenters. The second-order valence-electron chi connectivity index (χ2n) is 4.91. The Labute approximate surface area is 120 Å². The lowest BCUT2D eigenvalue weighted by molar-refractivity contribution is 0.137. The Kier molecular flexibility index (Phi) is 3.77. The number of nitrogens with zero attached hydrogens (tertiary/aromatic N) is 3. The van der Waals surface area contributed by atoms with Crippen molar-refractivity contribution in [3.63, 3.8) is 0 Å². The van der Waals surface area contributed by atoms with E-state index in [0.717, 1.165) is 4.31 Å². The molecule has 0 aromatic carbocycles. The Morgan fingerprint density at radius 1 is 1.60 bits per heavy atom. The monoisotopic (exact) mass is 319 g/mol. The van der Waals surface area contributed by atoms with Gasteiger partial charge in [-0.2, -0.15) is 9.29 Å². The van der Waals surface area contributed by atoms with E-state index in [0.29, 0.717) is 4.96 Å². The number of hydrogen-bond donors (Lipinski definition) is 3. The molecule has 10 heteroatoms. The summed E-state index contributed by atoms with van der Waals surface area (Å²) in [6.45, 7) is 2.96. The molecule has 0 radical (unpaired) electrons. The fourth-order valence-electron chi connectivity index (χ4n) is 1.66. The first kappa shape index (κ1) is 15.2. The van der Waals surface area contributed by atoms with Gasteiger partial charge in [0.25, 0.3) is 10.0 Å². The smallest absolute Gasteiger partial charge is 0.263 e. The number of nitrogens with two attached hydrogens (primary N) is 1. The number of likely N-dealkylation sites (N-methyl/N-ethyl adjacent to an activating group) is 1. The fourth-order valence-corrected chi connectivity index (χ4v) is 4.14. The number of nitrogen functional groups attached to an aromatic ring is 1. The van der Waals surface area contributed by atoms with Gasteiger partial charge in [-0.15, -0.1) is 11.3 Å². The highest BCUT2D eigenvalue weighted by molar-refractivity contribution is 7.89. The van der Waals surface area contributed by atoms with Gasteiger partial charge in [-0.25, -0.2) is 14.3 Å². The van der Waals surface area contributed by atoms with Crippen LogP contribution in [-0.4, -0.2) is 46.4 Å². The van der Waals surface area contributed by atoms with Crippen molar-refractivity contribution in [3.8, 4) is 0 Å². The number of aromatic nitrogens is 2. The Hall–Kier alpha value is -1.20. The summed E-state index contributed by atoms with van der Waals surface area (Å²) in [4.78, 5) is 4.64. The minimum Gasteiger partial charge on any atom is -0.394 e. The van der Waals surface area contributed by atoms with Crippen LogP contribution in [0, 0.1) is 0 Å². The van der Waals surface area contributed by atoms with Gasteiger partial charge >= 0.3 is 0 Å². The molecule has 20 heavy (non-hydrogen) atoms. The van der Waals surface area contributed by atoms with E-state index in [2.05, 4.69) is 10.4 Å². The van der Waals surface area contributed by atoms with E-state index >= 15 is 0 Å². The Morgan fingerprint density at radius 3 is 2.80 bits per heavy atom. The first-order valence-corrected chi connectivity index (χ1v) is 8.09. The predicted octanol–water partition coefficient (Wildman–Crippen LogP) is 0.0728. The van der Waals surface area contributed by atoms with Crippen molar-refractivity contribution < 1.29 is 13.5 Å². The average Bonchev–Trinajstić information content (AvgIpc) is 2.96. The number of nitrogens with one attached hydrogen (secondary N) is 1. The van der Waals surface area contributed by atoms with Gasteiger partial charge in [0, 0.05) is 18.6 Å². The number of hydrogen-bond acceptors (Lipinski definition) is 7. The van der Waals surface area contributed by atoms with Crippen molar-refractivity contribution in [2.75, 3.05) is 19.1 Å². The van der Waals surface area contributed by atoms with E-state index in [1.807, 2.05) is 0 Å². The topological polar surface area (TPSA) is 113 Å². The summed E-state index contributed by atoms with van der Waals surface area (Å²) in [5.41, 5.74) is 1.37. The summed E-state index contributed by atoms with van der Waals surface area (Å²) >= 11 is 1.30. The van der Waals surface area contributed by atoms with Gasteiger partial charge in [0.2, 0.25) is 5.03 Å². The Morgan fingerprint density at radius 2 is 2.25 bits per heavy atom. The largest absolute Gasteiger partial charge is 0.394 e. The highest BCUT2D eigenvalue weighted by Gasteiger charge is 2.37. The van der Waals surface area contributed by atoms with Crippen LogP contribution in [0.4, 0.5) is 5.82 Å². The lowest BCUT2D eigenvalue weighted by Gasteiger charge is -2.32. The first-order chi connectivity index (χ1) is 9.25. The Balaban J connectivity index is 2.65. The lowest BCUT2D eigenvalue weighted by Crippen LogP contribution is -2.47. The number of aliphatic hydroxyl groups excluding tert-OH is 1. The maximum atomic E-state index is 12.8. The van der Waals surface area contributed by atoms with Gasteiger partial charge in [-0.1, -0.05) is 0 Å². The van der Waals surface area contributed by atoms with Gasteiger partial charge in [0.15, 0.2) is 10.8 Å². The minimum atomic E-state index is -3.87. The van der Waals surface area contributed by atoms with E-state index in [4.69, 9.17) is 5.84 Å². The maximum absolute atomic E-state index is 12.8. The van der Waals surface area contributed by atoms with Crippen LogP contribution in [0.2, 0.25) is 0 Å². The van der Waals surface area contributed by atoms with E-state index in [-0.39, 0.29) is 17.5 Å². The molecule has 8 nitrogen and oxygen atoms in total. The van der Waals surface area contributed by atoms with Crippen molar-refractivity contribution in [1.82, 2.24) is 13.7 Å². The normalized spacial score (nSPS) is 13.3. The number of thiazole rings is 1. The molecule has 2 rings (SSSR count). The minimum absolute atomic E-state index is 0.0414. The van der Waals surface area contributed by atoms with Crippen LogP contribution in [0.15, 0.2) is 16.6 Å². The van der Waals surface area contributed by atoms with E-state index < -0.39 is 15.6 Å². The molecule has 0 aliphatic rings. The van der Waals surface area contributed by atoms with E-state index in [9.17, 15) is 13.5 Å². The molecule has 4 N–H and O–H groups in total. The summed E-state index contributed by atoms with van der Waals surface area (Å²) in [6.07, 6.45) is 1.61. The third-order valence-corrected chi connectivity index (χ3v) is 6.05. The van der Waals surface area contributed by atoms with Crippen molar-refractivity contribution in [2.45, 2.75) is 24.4 Å². The molecule has 0 saturated carbocycles. The van der Waals surface area contributed by atoms with Gasteiger partial charge < -0.3 is 10.5 Å². The van der Waals surface area contributed by atoms with Crippen molar-refractivity contribution in [1.29, 1.82) is 0 Å². The van der Waals surface area contributed by atoms with Crippen molar-refractivity contribution in [2.24, 2.45) is 5.84 Å². The molecule has 0 aliphatic carbocycles. The molecule has 0 amide bonds. The third kappa shape index (κ3) is 2.19. The quantitative estimate of drug-likeness (QED) is 0.531. The van der Waals surface area contributed by atoms with Crippen LogP contribution in [0.25, 0.3) is 4.96 Å². The lowest BCUT2D eigenvalue weighted by atomic mass is 10.1. The first-order valence-electron chi connectivity index (χ1n) is 5.78. The molecule has 0 spiro atoms. The molecular weight excluding hydrogens is 302 g/mol. The average molecular weight is 319 g/mol. The highest BCUT2D eigenvalue weighted by atomic mass is 32.2. The zero-order chi connectivity index (χ0) is 15.1. The second kappa shape index (κ2) is 4.97. The summed E-state index contributed by atoms with van der Waals surface area (Å²) in [5.74, 6) is 5.44. The van der Waals surface area contributed by atoms with Crippen LogP contribution in [-0.2, 0) is 10.0 Å². The van der Waals surface area contributed by atoms with Crippen LogP contribution < -0.4 is 11.3 Å². The SMILES string of the molecule is CN(C(C)(C)CO)S(=O)(=O)c1c(NN)nc2sccn12. The van der Waals surface area contributed by atoms with E-state index in [1.54, 1.807) is 25.4 Å². The number of anilines is 1. The number of rotatable bonds is 5. The van der Waals surface area contributed by atoms with Crippen molar-refractivity contribution >= 4 is 32.1 Å². The molecule has 0 fully saturated rings. The van der Waals surface area contributed by atoms with Crippen LogP contribution in [0.5, 0.6) is 0 Å². The third-order valence-electron chi connectivity index (χ3n) is 3.20. The predicted molar refractivity (Wildman–Crippen MR) is 77.0 cm³/mol. The number of aliphatic hydroxyl groups is 1. The van der Waals surface area contributed by atoms with Crippen molar-refractivity contribution in [3.05, 3.63) is 11.6 Å². The maximum Gasteiger partial charge on any atom is 0.263 e. The summed E-state index contributed by atoms with van der Waals surface area (Å²) < 4.78 is 28.1. The Bertz CT molecular complexity index is 718. The fraction of sp³-hybridized carbons (Fsp3) is 0.500. The highest BCUT2D eigenvalue weighted by Crippen LogP contribution is 2.30. The van der Waals surface area contributed by atoms with Gasteiger partial charge in [0.05, 0.1) is 12.1 Å². The van der Waals surface area contributed by atoms with Gasteiger partial charge in [0.1, 0.15) is 0 Å². The van der Waals surface area contributed by atoms with Gasteiger partial charge in [-0.05, 0) is 13.8 Å². The number of hydrazine groups is 1. The zero-order valence-electron chi connectivity index (χ0n) is 11.4. The molecular formula is C10H17N5O3S2. The number of sulfonamides is 1. The zero-order valence-corrected chi connectivity index (χ0v) is 13.0. The van der Waals surface area contributed by atoms with Crippen LogP contribution in [0.3, 0.4) is 0 Å². The summed E-state index contributed by atoms with van der Waals surface area (Å²) in [7, 11) is -2.45.